The molecule has 0 bridgehead atoms. The summed E-state index contributed by atoms with van der Waals surface area (Å²) in [7, 11) is 0. The predicted molar refractivity (Wildman–Crippen MR) is 89.1 cm³/mol. The third kappa shape index (κ3) is 4.22. The highest BCUT2D eigenvalue weighted by Gasteiger charge is 2.23. The standard InChI is InChI=1S/C18H27FN2O2/c1-14(22)16-4-6-20(7-5-16)13-15-2-3-18(17(19)12-15)21-8-10-23-11-9-21/h2-3,12,14,16,22H,4-11,13H2,1H3. The van der Waals surface area contributed by atoms with Crippen LogP contribution in [0.15, 0.2) is 18.2 Å². The molecule has 2 aliphatic heterocycles. The fraction of sp³-hybridized carbons (Fsp3) is 0.667. The quantitative estimate of drug-likeness (QED) is 0.922. The van der Waals surface area contributed by atoms with Crippen molar-refractivity contribution in [3.63, 3.8) is 0 Å². The van der Waals surface area contributed by atoms with Crippen LogP contribution in [0.25, 0.3) is 0 Å². The molecule has 2 saturated heterocycles. The van der Waals surface area contributed by atoms with E-state index >= 15 is 0 Å². The number of morpholine rings is 1. The Hall–Kier alpha value is -1.17. The Morgan fingerprint density at radius 1 is 1.22 bits per heavy atom. The Morgan fingerprint density at radius 3 is 2.52 bits per heavy atom. The molecule has 1 N–H and O–H groups in total. The lowest BCUT2D eigenvalue weighted by Gasteiger charge is -2.33. The third-order valence-electron chi connectivity index (χ3n) is 5.08. The summed E-state index contributed by atoms with van der Waals surface area (Å²) in [6.45, 7) is 7.45. The molecule has 23 heavy (non-hydrogen) atoms. The first-order chi connectivity index (χ1) is 11.1. The Bertz CT molecular complexity index is 510. The van der Waals surface area contributed by atoms with Gasteiger partial charge in [0.25, 0.3) is 0 Å². The van der Waals surface area contributed by atoms with Crippen LogP contribution in [0, 0.1) is 11.7 Å². The summed E-state index contributed by atoms with van der Waals surface area (Å²) >= 11 is 0. The van der Waals surface area contributed by atoms with Crippen molar-refractivity contribution in [1.29, 1.82) is 0 Å². The van der Waals surface area contributed by atoms with E-state index in [-0.39, 0.29) is 11.9 Å². The lowest BCUT2D eigenvalue weighted by atomic mass is 9.92. The van der Waals surface area contributed by atoms with E-state index < -0.39 is 0 Å². The summed E-state index contributed by atoms with van der Waals surface area (Å²) in [5.74, 6) is 0.273. The molecule has 3 rings (SSSR count). The molecule has 0 aromatic heterocycles. The van der Waals surface area contributed by atoms with Crippen LogP contribution in [0.1, 0.15) is 25.3 Å². The molecule has 2 heterocycles. The van der Waals surface area contributed by atoms with Crippen molar-refractivity contribution < 1.29 is 14.2 Å². The van der Waals surface area contributed by atoms with Crippen molar-refractivity contribution in [2.75, 3.05) is 44.3 Å². The summed E-state index contributed by atoms with van der Waals surface area (Å²) in [5, 5.41) is 9.66. The largest absolute Gasteiger partial charge is 0.393 e. The second-order valence-corrected chi connectivity index (χ2v) is 6.74. The zero-order valence-corrected chi connectivity index (χ0v) is 13.9. The van der Waals surface area contributed by atoms with Crippen LogP contribution >= 0.6 is 0 Å². The van der Waals surface area contributed by atoms with Gasteiger partial charge in [0.1, 0.15) is 5.82 Å². The molecule has 0 radical (unpaired) electrons. The molecule has 1 aromatic rings. The van der Waals surface area contributed by atoms with Crippen molar-refractivity contribution in [2.24, 2.45) is 5.92 Å². The van der Waals surface area contributed by atoms with Crippen molar-refractivity contribution in [3.05, 3.63) is 29.6 Å². The third-order valence-corrected chi connectivity index (χ3v) is 5.08. The van der Waals surface area contributed by atoms with Crippen LogP contribution in [-0.4, -0.2) is 55.5 Å². The molecular weight excluding hydrogens is 295 g/mol. The number of ether oxygens (including phenoxy) is 1. The molecule has 0 spiro atoms. The highest BCUT2D eigenvalue weighted by Crippen LogP contribution is 2.25. The Morgan fingerprint density at radius 2 is 1.91 bits per heavy atom. The summed E-state index contributed by atoms with van der Waals surface area (Å²) in [6.07, 6.45) is 1.82. The van der Waals surface area contributed by atoms with Gasteiger partial charge in [0.2, 0.25) is 0 Å². The molecular formula is C18H27FN2O2. The van der Waals surface area contributed by atoms with E-state index in [4.69, 9.17) is 4.74 Å². The average molecular weight is 322 g/mol. The van der Waals surface area contributed by atoms with E-state index in [2.05, 4.69) is 9.80 Å². The zero-order valence-electron chi connectivity index (χ0n) is 13.9. The van der Waals surface area contributed by atoms with Gasteiger partial charge in [-0.25, -0.2) is 4.39 Å². The molecule has 2 fully saturated rings. The minimum atomic E-state index is -0.220. The average Bonchev–Trinajstić information content (AvgIpc) is 2.56. The summed E-state index contributed by atoms with van der Waals surface area (Å²) < 4.78 is 19.7. The maximum absolute atomic E-state index is 14.4. The van der Waals surface area contributed by atoms with E-state index in [1.807, 2.05) is 19.1 Å². The Labute approximate surface area is 137 Å². The SMILES string of the molecule is CC(O)C1CCN(Cc2ccc(N3CCOCC3)c(F)c2)CC1. The molecule has 0 amide bonds. The number of aliphatic hydroxyl groups excluding tert-OH is 1. The van der Waals surface area contributed by atoms with Gasteiger partial charge in [0.05, 0.1) is 25.0 Å². The smallest absolute Gasteiger partial charge is 0.146 e. The molecule has 0 aliphatic carbocycles. The highest BCUT2D eigenvalue weighted by molar-refractivity contribution is 5.49. The van der Waals surface area contributed by atoms with Crippen LogP contribution in [-0.2, 0) is 11.3 Å². The van der Waals surface area contributed by atoms with Gasteiger partial charge in [-0.15, -0.1) is 0 Å². The number of aliphatic hydroxyl groups is 1. The summed E-state index contributed by atoms with van der Waals surface area (Å²) in [4.78, 5) is 4.40. The monoisotopic (exact) mass is 322 g/mol. The first-order valence-electron chi connectivity index (χ1n) is 8.65. The lowest BCUT2D eigenvalue weighted by molar-refractivity contribution is 0.0695. The number of rotatable bonds is 4. The van der Waals surface area contributed by atoms with Gasteiger partial charge < -0.3 is 14.7 Å². The molecule has 1 atom stereocenters. The summed E-state index contributed by atoms with van der Waals surface area (Å²) in [6, 6.07) is 5.61. The predicted octanol–water partition coefficient (Wildman–Crippen LogP) is 2.26. The minimum absolute atomic E-state index is 0.136. The van der Waals surface area contributed by atoms with E-state index in [1.54, 1.807) is 6.07 Å². The molecule has 2 aliphatic rings. The number of hydrogen-bond donors (Lipinski definition) is 1. The van der Waals surface area contributed by atoms with Crippen LogP contribution in [0.4, 0.5) is 10.1 Å². The van der Waals surface area contributed by atoms with Crippen molar-refractivity contribution >= 4 is 5.69 Å². The first-order valence-corrected chi connectivity index (χ1v) is 8.65. The minimum Gasteiger partial charge on any atom is -0.393 e. The molecule has 1 unspecified atom stereocenters. The molecule has 128 valence electrons. The van der Waals surface area contributed by atoms with Crippen LogP contribution in [0.5, 0.6) is 0 Å². The van der Waals surface area contributed by atoms with Gasteiger partial charge in [0.15, 0.2) is 0 Å². The van der Waals surface area contributed by atoms with Gasteiger partial charge >= 0.3 is 0 Å². The van der Waals surface area contributed by atoms with E-state index in [0.29, 0.717) is 24.8 Å². The first kappa shape index (κ1) is 16.7. The number of nitrogens with zero attached hydrogens (tertiary/aromatic N) is 2. The second kappa shape index (κ2) is 7.60. The van der Waals surface area contributed by atoms with Gasteiger partial charge in [-0.2, -0.15) is 0 Å². The van der Waals surface area contributed by atoms with Gasteiger partial charge in [-0.1, -0.05) is 6.07 Å². The lowest BCUT2D eigenvalue weighted by Crippen LogP contribution is -2.37. The van der Waals surface area contributed by atoms with Crippen LogP contribution in [0.3, 0.4) is 0 Å². The summed E-state index contributed by atoms with van der Waals surface area (Å²) in [5.41, 5.74) is 1.71. The Kier molecular flexibility index (Phi) is 5.51. The van der Waals surface area contributed by atoms with Gasteiger partial charge in [-0.3, -0.25) is 4.90 Å². The van der Waals surface area contributed by atoms with Crippen LogP contribution in [0.2, 0.25) is 0 Å². The number of benzene rings is 1. The number of piperidine rings is 1. The van der Waals surface area contributed by atoms with E-state index in [9.17, 15) is 9.50 Å². The zero-order chi connectivity index (χ0) is 16.2. The van der Waals surface area contributed by atoms with Gasteiger partial charge in [-0.05, 0) is 56.5 Å². The van der Waals surface area contributed by atoms with E-state index in [0.717, 1.165) is 51.1 Å². The molecule has 5 heteroatoms. The second-order valence-electron chi connectivity index (χ2n) is 6.74. The number of anilines is 1. The number of hydrogen-bond acceptors (Lipinski definition) is 4. The maximum Gasteiger partial charge on any atom is 0.146 e. The topological polar surface area (TPSA) is 35.9 Å². The maximum atomic E-state index is 14.4. The molecule has 4 nitrogen and oxygen atoms in total. The number of halogens is 1. The number of likely N-dealkylation sites (tertiary alicyclic amines) is 1. The van der Waals surface area contributed by atoms with Crippen molar-refractivity contribution in [1.82, 2.24) is 4.90 Å². The molecule has 0 saturated carbocycles. The molecule has 1 aromatic carbocycles. The fourth-order valence-corrected chi connectivity index (χ4v) is 3.56. The van der Waals surface area contributed by atoms with Crippen LogP contribution < -0.4 is 4.90 Å². The highest BCUT2D eigenvalue weighted by atomic mass is 19.1. The fourth-order valence-electron chi connectivity index (χ4n) is 3.56. The van der Waals surface area contributed by atoms with Gasteiger partial charge in [0, 0.05) is 19.6 Å². The normalized spacial score (nSPS) is 22.3. The van der Waals surface area contributed by atoms with Crippen molar-refractivity contribution in [3.8, 4) is 0 Å². The van der Waals surface area contributed by atoms with Crippen molar-refractivity contribution in [2.45, 2.75) is 32.4 Å². The van der Waals surface area contributed by atoms with E-state index in [1.165, 1.54) is 0 Å². The Balaban J connectivity index is 1.58.